The Morgan fingerprint density at radius 2 is 1.86 bits per heavy atom. The Bertz CT molecular complexity index is 997. The van der Waals surface area contributed by atoms with E-state index in [1.165, 1.54) is 7.11 Å². The number of hydrogen-bond acceptors (Lipinski definition) is 8. The maximum atomic E-state index is 13.2. The van der Waals surface area contributed by atoms with E-state index in [1.54, 1.807) is 12.2 Å². The Balaban J connectivity index is 1.53. The molecule has 8 nitrogen and oxygen atoms in total. The van der Waals surface area contributed by atoms with E-state index in [9.17, 15) is 29.4 Å². The molecule has 4 aliphatic rings. The van der Waals surface area contributed by atoms with Gasteiger partial charge in [-0.2, -0.15) is 0 Å². The van der Waals surface area contributed by atoms with Gasteiger partial charge in [-0.1, -0.05) is 32.4 Å². The number of fused-ring (bicyclic) bond motifs is 5. The van der Waals surface area contributed by atoms with Crippen molar-refractivity contribution in [2.45, 2.75) is 71.0 Å². The van der Waals surface area contributed by atoms with Crippen molar-refractivity contribution in [1.29, 1.82) is 0 Å². The molecule has 3 fully saturated rings. The van der Waals surface area contributed by atoms with Crippen molar-refractivity contribution in [2.24, 2.45) is 34.5 Å². The van der Waals surface area contributed by atoms with E-state index in [4.69, 9.17) is 4.74 Å². The lowest BCUT2D eigenvalue weighted by molar-refractivity contribution is -0.182. The smallest absolute Gasteiger partial charge is 0.306 e. The van der Waals surface area contributed by atoms with Gasteiger partial charge in [0.1, 0.15) is 5.60 Å². The highest BCUT2D eigenvalue weighted by Gasteiger charge is 2.68. The van der Waals surface area contributed by atoms with Crippen molar-refractivity contribution in [3.8, 4) is 0 Å². The molecule has 192 valence electrons. The third-order valence-electron chi connectivity index (χ3n) is 9.56. The molecule has 8 atom stereocenters. The highest BCUT2D eigenvalue weighted by molar-refractivity contribution is 6.01. The second-order valence-corrected chi connectivity index (χ2v) is 11.3. The number of carbonyl (C=O) groups excluding carboxylic acids is 4. The van der Waals surface area contributed by atoms with Crippen molar-refractivity contribution in [1.82, 2.24) is 0 Å². The highest BCUT2D eigenvalue weighted by Crippen LogP contribution is 2.67. The van der Waals surface area contributed by atoms with E-state index in [-0.39, 0.29) is 55.1 Å². The number of methoxy groups -OCH3 is 1. The van der Waals surface area contributed by atoms with Crippen molar-refractivity contribution >= 4 is 23.5 Å². The fourth-order valence-electron chi connectivity index (χ4n) is 7.86. The second-order valence-electron chi connectivity index (χ2n) is 11.3. The van der Waals surface area contributed by atoms with E-state index >= 15 is 0 Å². The zero-order chi connectivity index (χ0) is 25.8. The van der Waals surface area contributed by atoms with Crippen LogP contribution in [0.2, 0.25) is 0 Å². The topological polar surface area (TPSA) is 127 Å². The van der Waals surface area contributed by atoms with E-state index in [1.807, 2.05) is 13.0 Å². The first kappa shape index (κ1) is 25.8. The van der Waals surface area contributed by atoms with Crippen LogP contribution in [0.4, 0.5) is 0 Å². The first-order valence-electron chi connectivity index (χ1n) is 12.5. The third kappa shape index (κ3) is 3.99. The molecular weight excluding hydrogens is 452 g/mol. The van der Waals surface area contributed by atoms with Gasteiger partial charge in [0, 0.05) is 16.7 Å². The maximum Gasteiger partial charge on any atom is 0.306 e. The molecule has 0 spiro atoms. The Labute approximate surface area is 205 Å². The van der Waals surface area contributed by atoms with E-state index in [2.05, 4.69) is 18.6 Å². The molecule has 4 rings (SSSR count). The minimum Gasteiger partial charge on any atom is -0.469 e. The highest BCUT2D eigenvalue weighted by atomic mass is 16.5. The minimum atomic E-state index is -1.72. The Morgan fingerprint density at radius 3 is 2.54 bits per heavy atom. The van der Waals surface area contributed by atoms with Crippen molar-refractivity contribution < 1.29 is 38.9 Å². The molecule has 3 saturated carbocycles. The first-order valence-corrected chi connectivity index (χ1v) is 12.5. The molecule has 0 heterocycles. The summed E-state index contributed by atoms with van der Waals surface area (Å²) in [5.74, 6) is -1.74. The lowest BCUT2D eigenvalue weighted by atomic mass is 9.45. The molecule has 0 aromatic heterocycles. The van der Waals surface area contributed by atoms with Gasteiger partial charge in [0.25, 0.3) is 0 Å². The summed E-state index contributed by atoms with van der Waals surface area (Å²) in [7, 11) is 1.22. The normalized spacial score (nSPS) is 41.8. The molecule has 35 heavy (non-hydrogen) atoms. The number of hydrogen-bond donors (Lipinski definition) is 2. The Kier molecular flexibility index (Phi) is 6.60. The van der Waals surface area contributed by atoms with Crippen molar-refractivity contribution in [2.75, 3.05) is 13.7 Å². The molecule has 0 saturated heterocycles. The summed E-state index contributed by atoms with van der Waals surface area (Å²) in [6.07, 6.45) is 6.02. The number of esters is 2. The van der Waals surface area contributed by atoms with Gasteiger partial charge in [-0.15, -0.1) is 0 Å². The molecule has 4 aliphatic carbocycles. The summed E-state index contributed by atoms with van der Waals surface area (Å²) in [5.41, 5.74) is -1.98. The van der Waals surface area contributed by atoms with E-state index in [0.717, 1.165) is 12.0 Å². The number of allylic oxidation sites excluding steroid dienone is 4. The zero-order valence-corrected chi connectivity index (χ0v) is 20.9. The predicted molar refractivity (Wildman–Crippen MR) is 125 cm³/mol. The molecular formula is C27H36O8. The fraction of sp³-hybridized carbons (Fsp3) is 0.704. The lowest BCUT2D eigenvalue weighted by Gasteiger charge is -2.60. The minimum absolute atomic E-state index is 0.00623. The standard InChI is InChI=1S/C27H36O8/c1-15-11-17-18-8-10-27(33,21(30)14-35-23(32)6-5-22(31)34-4)26(18,3)13-20(29)24(17)25(2)9-7-16(28)12-19(15)25/h7,9,12,15,17-18,20,24,29,33H,5-6,8,10-11,13-14H2,1-4H3/t15-,17-,18-,20-,24+,25-,26-,27-/m0/s1. The van der Waals surface area contributed by atoms with Gasteiger partial charge in [-0.25, -0.2) is 0 Å². The molecule has 0 aromatic carbocycles. The van der Waals surface area contributed by atoms with Crippen LogP contribution < -0.4 is 0 Å². The molecule has 0 bridgehead atoms. The number of rotatable bonds is 6. The lowest BCUT2D eigenvalue weighted by Crippen LogP contribution is -2.62. The van der Waals surface area contributed by atoms with Crippen LogP contribution >= 0.6 is 0 Å². The summed E-state index contributed by atoms with van der Waals surface area (Å²) in [6, 6.07) is 0. The summed E-state index contributed by atoms with van der Waals surface area (Å²) in [4.78, 5) is 48.5. The van der Waals surface area contributed by atoms with Gasteiger partial charge >= 0.3 is 11.9 Å². The third-order valence-corrected chi connectivity index (χ3v) is 9.56. The number of ether oxygens (including phenoxy) is 2. The van der Waals surface area contributed by atoms with Crippen molar-refractivity contribution in [3.63, 3.8) is 0 Å². The summed E-state index contributed by atoms with van der Waals surface area (Å²) < 4.78 is 9.58. The van der Waals surface area contributed by atoms with Crippen LogP contribution in [-0.2, 0) is 28.7 Å². The van der Waals surface area contributed by atoms with Crippen LogP contribution in [0, 0.1) is 34.5 Å². The monoisotopic (exact) mass is 488 g/mol. The van der Waals surface area contributed by atoms with Crippen LogP contribution in [0.1, 0.15) is 59.3 Å². The summed E-state index contributed by atoms with van der Waals surface area (Å²) in [6.45, 7) is 5.49. The predicted octanol–water partition coefficient (Wildman–Crippen LogP) is 2.31. The van der Waals surface area contributed by atoms with Gasteiger partial charge in [0.05, 0.1) is 26.1 Å². The zero-order valence-electron chi connectivity index (χ0n) is 20.9. The average Bonchev–Trinajstić information content (AvgIpc) is 3.08. The van der Waals surface area contributed by atoms with Gasteiger partial charge < -0.3 is 19.7 Å². The van der Waals surface area contributed by atoms with Crippen LogP contribution in [0.3, 0.4) is 0 Å². The quantitative estimate of drug-likeness (QED) is 0.546. The largest absolute Gasteiger partial charge is 0.469 e. The number of aliphatic hydroxyl groups is 2. The van der Waals surface area contributed by atoms with Crippen molar-refractivity contribution in [3.05, 3.63) is 23.8 Å². The summed E-state index contributed by atoms with van der Waals surface area (Å²) in [5, 5.41) is 23.1. The Hall–Kier alpha value is -2.32. The number of carbonyl (C=O) groups is 4. The number of ketones is 2. The van der Waals surface area contributed by atoms with Gasteiger partial charge in [-0.3, -0.25) is 19.2 Å². The SMILES string of the molecule is COC(=O)CCC(=O)OCC(=O)[C@@]1(O)CC[C@H]2[C@@H]3C[C@H](C)C4=CC(=O)C=C[C@]4(C)[C@H]3[C@@H](O)C[C@@]21C. The summed E-state index contributed by atoms with van der Waals surface area (Å²) >= 11 is 0. The van der Waals surface area contributed by atoms with E-state index in [0.29, 0.717) is 6.42 Å². The number of aliphatic hydroxyl groups excluding tert-OH is 1. The maximum absolute atomic E-state index is 13.2. The molecule has 0 aromatic rings. The fourth-order valence-corrected chi connectivity index (χ4v) is 7.86. The molecule has 0 aliphatic heterocycles. The molecule has 0 unspecified atom stereocenters. The molecule has 0 amide bonds. The van der Waals surface area contributed by atoms with Gasteiger partial charge in [-0.05, 0) is 55.6 Å². The number of Topliss-reactive ketones (excluding diaryl/α,β-unsaturated/α-hetero) is 1. The molecule has 2 N–H and O–H groups in total. The second kappa shape index (κ2) is 8.96. The van der Waals surface area contributed by atoms with E-state index < -0.39 is 46.9 Å². The molecule has 0 radical (unpaired) electrons. The van der Waals surface area contributed by atoms with Crippen LogP contribution in [0.15, 0.2) is 23.8 Å². The van der Waals surface area contributed by atoms with Crippen LogP contribution in [-0.4, -0.2) is 59.1 Å². The Morgan fingerprint density at radius 1 is 1.17 bits per heavy atom. The van der Waals surface area contributed by atoms with Crippen LogP contribution in [0.25, 0.3) is 0 Å². The average molecular weight is 489 g/mol. The molecule has 8 heteroatoms. The first-order chi connectivity index (χ1) is 16.4. The van der Waals surface area contributed by atoms with Crippen LogP contribution in [0.5, 0.6) is 0 Å². The van der Waals surface area contributed by atoms with Gasteiger partial charge in [0.2, 0.25) is 5.78 Å². The van der Waals surface area contributed by atoms with Gasteiger partial charge in [0.15, 0.2) is 12.4 Å².